The van der Waals surface area contributed by atoms with Crippen LogP contribution in [0.15, 0.2) is 24.3 Å². The molecule has 0 aliphatic carbocycles. The maximum Gasteiger partial charge on any atom is 0.127 e. The molecule has 1 aromatic carbocycles. The van der Waals surface area contributed by atoms with Crippen molar-refractivity contribution in [1.29, 1.82) is 0 Å². The minimum absolute atomic E-state index is 0.0264. The first-order chi connectivity index (χ1) is 7.93. The van der Waals surface area contributed by atoms with Gasteiger partial charge in [0.25, 0.3) is 0 Å². The molecule has 0 unspecified atom stereocenters. The summed E-state index contributed by atoms with van der Waals surface area (Å²) < 4.78 is 13.9. The Hall–Kier alpha value is -0.890. The van der Waals surface area contributed by atoms with Crippen molar-refractivity contribution in [3.05, 3.63) is 35.6 Å². The summed E-state index contributed by atoms with van der Waals surface area (Å²) in [5.41, 5.74) is 1.23. The zero-order chi connectivity index (χ0) is 12.5. The van der Waals surface area contributed by atoms with Crippen LogP contribution in [0.25, 0.3) is 0 Å². The van der Waals surface area contributed by atoms with Gasteiger partial charge in [-0.15, -0.1) is 0 Å². The molecule has 1 aliphatic heterocycles. The molecular formula is C15H22FN. The van der Waals surface area contributed by atoms with E-state index in [0.717, 1.165) is 31.5 Å². The molecule has 17 heavy (non-hydrogen) atoms. The van der Waals surface area contributed by atoms with Crippen LogP contribution in [0.4, 0.5) is 4.39 Å². The predicted molar refractivity (Wildman–Crippen MR) is 69.6 cm³/mol. The third-order valence-electron chi connectivity index (χ3n) is 3.73. The largest absolute Gasteiger partial charge is 0.315 e. The molecular weight excluding hydrogens is 213 g/mol. The van der Waals surface area contributed by atoms with E-state index in [1.165, 1.54) is 0 Å². The Bertz CT molecular complexity index is 388. The van der Waals surface area contributed by atoms with Crippen LogP contribution in [0.1, 0.15) is 39.2 Å². The highest BCUT2D eigenvalue weighted by Gasteiger charge is 2.40. The Kier molecular flexibility index (Phi) is 3.26. The normalized spacial score (nSPS) is 18.8. The Morgan fingerprint density at radius 1 is 1.24 bits per heavy atom. The van der Waals surface area contributed by atoms with Crippen molar-refractivity contribution < 1.29 is 4.39 Å². The molecule has 0 amide bonds. The minimum atomic E-state index is -0.0529. The highest BCUT2D eigenvalue weighted by molar-refractivity contribution is 5.31. The highest BCUT2D eigenvalue weighted by atomic mass is 19.1. The molecule has 0 bridgehead atoms. The summed E-state index contributed by atoms with van der Waals surface area (Å²) in [5, 5.41) is 3.30. The zero-order valence-corrected chi connectivity index (χ0v) is 11.0. The number of nitrogens with one attached hydrogen (secondary N) is 1. The van der Waals surface area contributed by atoms with E-state index >= 15 is 0 Å². The lowest BCUT2D eigenvalue weighted by Crippen LogP contribution is -2.57. The van der Waals surface area contributed by atoms with Gasteiger partial charge in [-0.3, -0.25) is 0 Å². The molecule has 1 fully saturated rings. The Labute approximate surface area is 103 Å². The second-order valence-electron chi connectivity index (χ2n) is 6.42. The topological polar surface area (TPSA) is 12.0 Å². The van der Waals surface area contributed by atoms with Crippen molar-refractivity contribution in [2.45, 2.75) is 39.0 Å². The van der Waals surface area contributed by atoms with Gasteiger partial charge in [-0.05, 0) is 29.9 Å². The average Bonchev–Trinajstić information content (AvgIpc) is 2.17. The lowest BCUT2D eigenvalue weighted by atomic mass is 9.69. The molecule has 1 aliphatic rings. The van der Waals surface area contributed by atoms with Crippen molar-refractivity contribution in [2.75, 3.05) is 13.1 Å². The smallest absolute Gasteiger partial charge is 0.127 e. The summed E-state index contributed by atoms with van der Waals surface area (Å²) in [6, 6.07) is 7.23. The van der Waals surface area contributed by atoms with Crippen molar-refractivity contribution >= 4 is 0 Å². The minimum Gasteiger partial charge on any atom is -0.315 e. The Morgan fingerprint density at radius 2 is 1.88 bits per heavy atom. The first kappa shape index (κ1) is 12.6. The SMILES string of the molecule is CC(C)(C)CCC1(c2ccccc2F)CNC1. The lowest BCUT2D eigenvalue weighted by Gasteiger charge is -2.44. The fraction of sp³-hybridized carbons (Fsp3) is 0.600. The van der Waals surface area contributed by atoms with Gasteiger partial charge in [0.2, 0.25) is 0 Å². The number of benzene rings is 1. The predicted octanol–water partition coefficient (Wildman–Crippen LogP) is 3.49. The third-order valence-corrected chi connectivity index (χ3v) is 3.73. The molecule has 0 atom stereocenters. The maximum atomic E-state index is 13.9. The van der Waals surface area contributed by atoms with Crippen LogP contribution < -0.4 is 5.32 Å². The van der Waals surface area contributed by atoms with Crippen LogP contribution in [-0.2, 0) is 5.41 Å². The molecule has 94 valence electrons. The molecule has 0 saturated carbocycles. The first-order valence-electron chi connectivity index (χ1n) is 6.39. The van der Waals surface area contributed by atoms with Gasteiger partial charge >= 0.3 is 0 Å². The number of rotatable bonds is 3. The van der Waals surface area contributed by atoms with Crippen LogP contribution in [0.3, 0.4) is 0 Å². The summed E-state index contributed by atoms with van der Waals surface area (Å²) in [5.74, 6) is -0.0529. The van der Waals surface area contributed by atoms with Crippen molar-refractivity contribution in [1.82, 2.24) is 5.32 Å². The van der Waals surface area contributed by atoms with Crippen LogP contribution in [0.5, 0.6) is 0 Å². The van der Waals surface area contributed by atoms with Crippen LogP contribution in [-0.4, -0.2) is 13.1 Å². The van der Waals surface area contributed by atoms with E-state index in [1.807, 2.05) is 12.1 Å². The quantitative estimate of drug-likeness (QED) is 0.845. The van der Waals surface area contributed by atoms with E-state index in [4.69, 9.17) is 0 Å². The standard InChI is InChI=1S/C15H22FN/c1-14(2,3)8-9-15(10-17-11-15)12-6-4-5-7-13(12)16/h4-7,17H,8-11H2,1-3H3. The zero-order valence-electron chi connectivity index (χ0n) is 11.0. The van der Waals surface area contributed by atoms with Gasteiger partial charge in [0.1, 0.15) is 5.82 Å². The monoisotopic (exact) mass is 235 g/mol. The Morgan fingerprint density at radius 3 is 2.35 bits per heavy atom. The van der Waals surface area contributed by atoms with Crippen LogP contribution in [0, 0.1) is 11.2 Å². The number of halogens is 1. The number of hydrogen-bond acceptors (Lipinski definition) is 1. The molecule has 1 aromatic rings. The summed E-state index contributed by atoms with van der Waals surface area (Å²) in [6.07, 6.45) is 2.19. The number of hydrogen-bond donors (Lipinski definition) is 1. The molecule has 2 rings (SSSR count). The molecule has 2 heteroatoms. The summed E-state index contributed by atoms with van der Waals surface area (Å²) >= 11 is 0. The first-order valence-corrected chi connectivity index (χ1v) is 6.39. The molecule has 1 heterocycles. The van der Waals surface area contributed by atoms with Crippen molar-refractivity contribution in [2.24, 2.45) is 5.41 Å². The highest BCUT2D eigenvalue weighted by Crippen LogP contribution is 2.38. The summed E-state index contributed by atoms with van der Waals surface area (Å²) in [4.78, 5) is 0. The van der Waals surface area contributed by atoms with Crippen LogP contribution >= 0.6 is 0 Å². The second kappa shape index (κ2) is 4.41. The average molecular weight is 235 g/mol. The second-order valence-corrected chi connectivity index (χ2v) is 6.42. The summed E-state index contributed by atoms with van der Waals surface area (Å²) in [6.45, 7) is 8.55. The maximum absolute atomic E-state index is 13.9. The molecule has 0 spiro atoms. The lowest BCUT2D eigenvalue weighted by molar-refractivity contribution is 0.210. The van der Waals surface area contributed by atoms with Gasteiger partial charge < -0.3 is 5.32 Å². The van der Waals surface area contributed by atoms with Crippen LogP contribution in [0.2, 0.25) is 0 Å². The van der Waals surface area contributed by atoms with Gasteiger partial charge in [0.05, 0.1) is 0 Å². The van der Waals surface area contributed by atoms with E-state index in [0.29, 0.717) is 5.41 Å². The Balaban J connectivity index is 2.18. The third kappa shape index (κ3) is 2.68. The molecule has 0 aromatic heterocycles. The molecule has 1 saturated heterocycles. The molecule has 1 N–H and O–H groups in total. The fourth-order valence-corrected chi connectivity index (χ4v) is 2.43. The van der Waals surface area contributed by atoms with Gasteiger partial charge in [-0.2, -0.15) is 0 Å². The van der Waals surface area contributed by atoms with E-state index in [1.54, 1.807) is 12.1 Å². The van der Waals surface area contributed by atoms with Gasteiger partial charge in [-0.1, -0.05) is 39.0 Å². The summed E-state index contributed by atoms with van der Waals surface area (Å²) in [7, 11) is 0. The van der Waals surface area contributed by atoms with Crippen molar-refractivity contribution in [3.8, 4) is 0 Å². The van der Waals surface area contributed by atoms with E-state index in [9.17, 15) is 4.39 Å². The van der Waals surface area contributed by atoms with Gasteiger partial charge in [0.15, 0.2) is 0 Å². The van der Waals surface area contributed by atoms with Crippen molar-refractivity contribution in [3.63, 3.8) is 0 Å². The van der Waals surface area contributed by atoms with E-state index in [-0.39, 0.29) is 11.2 Å². The van der Waals surface area contributed by atoms with E-state index < -0.39 is 0 Å². The molecule has 1 nitrogen and oxygen atoms in total. The fourth-order valence-electron chi connectivity index (χ4n) is 2.43. The van der Waals surface area contributed by atoms with Gasteiger partial charge in [-0.25, -0.2) is 4.39 Å². The van der Waals surface area contributed by atoms with Gasteiger partial charge in [0, 0.05) is 18.5 Å². The molecule has 0 radical (unpaired) electrons. The van der Waals surface area contributed by atoms with E-state index in [2.05, 4.69) is 26.1 Å².